The minimum Gasteiger partial charge on any atom is -0.382 e. The summed E-state index contributed by atoms with van der Waals surface area (Å²) in [7, 11) is 2.07. The summed E-state index contributed by atoms with van der Waals surface area (Å²) in [6, 6.07) is 9.03. The summed E-state index contributed by atoms with van der Waals surface area (Å²) in [5, 5.41) is 4.74. The lowest BCUT2D eigenvalue weighted by atomic mass is 10.2. The van der Waals surface area contributed by atoms with E-state index >= 15 is 0 Å². The summed E-state index contributed by atoms with van der Waals surface area (Å²) < 4.78 is 2.13. The summed E-state index contributed by atoms with van der Waals surface area (Å²) in [6.45, 7) is 5.92. The Kier molecular flexibility index (Phi) is 3.00. The third kappa shape index (κ3) is 2.11. The molecule has 0 radical (unpaired) electrons. The van der Waals surface area contributed by atoms with Crippen molar-refractivity contribution in [3.05, 3.63) is 43.1 Å². The molecule has 16 heavy (non-hydrogen) atoms. The molecule has 0 aliphatic heterocycles. The van der Waals surface area contributed by atoms with E-state index in [9.17, 15) is 0 Å². The average molecular weight is 214 g/mol. The summed E-state index contributed by atoms with van der Waals surface area (Å²) in [5.41, 5.74) is 2.44. The van der Waals surface area contributed by atoms with E-state index in [0.29, 0.717) is 6.04 Å². The van der Waals surface area contributed by atoms with Crippen molar-refractivity contribution in [1.29, 1.82) is 0 Å². The van der Waals surface area contributed by atoms with Crippen molar-refractivity contribution >= 4 is 16.6 Å². The molecule has 2 nitrogen and oxygen atoms in total. The first kappa shape index (κ1) is 10.8. The first-order chi connectivity index (χ1) is 7.70. The van der Waals surface area contributed by atoms with Crippen LogP contribution in [0, 0.1) is 0 Å². The maximum atomic E-state index is 3.75. The molecule has 0 aliphatic rings. The molecule has 84 valence electrons. The lowest BCUT2D eigenvalue weighted by Gasteiger charge is -2.13. The molecule has 0 aliphatic carbocycles. The van der Waals surface area contributed by atoms with Gasteiger partial charge in [0.25, 0.3) is 0 Å². The van der Waals surface area contributed by atoms with Crippen LogP contribution in [0.2, 0.25) is 0 Å². The summed E-state index contributed by atoms with van der Waals surface area (Å²) in [5.74, 6) is 0. The Bertz CT molecular complexity index is 496. The quantitative estimate of drug-likeness (QED) is 0.770. The van der Waals surface area contributed by atoms with Crippen LogP contribution in [-0.4, -0.2) is 10.6 Å². The lowest BCUT2D eigenvalue weighted by molar-refractivity contribution is 0.814. The van der Waals surface area contributed by atoms with E-state index in [1.807, 2.05) is 6.08 Å². The zero-order chi connectivity index (χ0) is 11.5. The Labute approximate surface area is 96.6 Å². The first-order valence-electron chi connectivity index (χ1n) is 5.63. The first-order valence-corrected chi connectivity index (χ1v) is 5.63. The third-order valence-electron chi connectivity index (χ3n) is 2.82. The summed E-state index contributed by atoms with van der Waals surface area (Å²) in [4.78, 5) is 0. The van der Waals surface area contributed by atoms with Gasteiger partial charge < -0.3 is 9.88 Å². The molecule has 0 saturated carbocycles. The molecule has 2 rings (SSSR count). The number of aromatic nitrogens is 1. The van der Waals surface area contributed by atoms with Crippen LogP contribution < -0.4 is 5.32 Å². The largest absolute Gasteiger partial charge is 0.382 e. The van der Waals surface area contributed by atoms with E-state index in [2.05, 4.69) is 60.9 Å². The molecule has 0 bridgehead atoms. The number of nitrogens with one attached hydrogen (secondary N) is 1. The minimum atomic E-state index is 0.429. The van der Waals surface area contributed by atoms with Gasteiger partial charge in [0, 0.05) is 35.9 Å². The van der Waals surface area contributed by atoms with Gasteiger partial charge in [-0.1, -0.05) is 6.08 Å². The predicted octanol–water partition coefficient (Wildman–Crippen LogP) is 3.55. The van der Waals surface area contributed by atoms with Crippen molar-refractivity contribution in [2.45, 2.75) is 19.4 Å². The smallest absolute Gasteiger partial charge is 0.0479 e. The van der Waals surface area contributed by atoms with E-state index in [4.69, 9.17) is 0 Å². The fourth-order valence-electron chi connectivity index (χ4n) is 1.96. The number of aryl methyl sites for hydroxylation is 1. The lowest BCUT2D eigenvalue weighted by Crippen LogP contribution is -2.13. The van der Waals surface area contributed by atoms with Crippen LogP contribution >= 0.6 is 0 Å². The third-order valence-corrected chi connectivity index (χ3v) is 2.82. The van der Waals surface area contributed by atoms with E-state index in [1.165, 1.54) is 16.6 Å². The highest BCUT2D eigenvalue weighted by Crippen LogP contribution is 2.20. The zero-order valence-electron chi connectivity index (χ0n) is 9.90. The van der Waals surface area contributed by atoms with Gasteiger partial charge in [0.2, 0.25) is 0 Å². The molecule has 0 amide bonds. The number of benzene rings is 1. The van der Waals surface area contributed by atoms with E-state index < -0.39 is 0 Å². The monoisotopic (exact) mass is 214 g/mol. The molecule has 1 atom stereocenters. The van der Waals surface area contributed by atoms with Crippen molar-refractivity contribution in [1.82, 2.24) is 4.57 Å². The fourth-order valence-corrected chi connectivity index (χ4v) is 1.96. The van der Waals surface area contributed by atoms with E-state index in [0.717, 1.165) is 6.42 Å². The molecule has 2 aromatic rings. The standard InChI is InChI=1S/C14H18N2/c1-4-5-11(2)15-13-6-7-14-12(10-13)8-9-16(14)3/h4,6-11,15H,1,5H2,2-3H3. The SMILES string of the molecule is C=CCC(C)Nc1ccc2c(ccn2C)c1. The summed E-state index contributed by atoms with van der Waals surface area (Å²) >= 11 is 0. The highest BCUT2D eigenvalue weighted by molar-refractivity contribution is 5.83. The maximum Gasteiger partial charge on any atom is 0.0479 e. The van der Waals surface area contributed by atoms with Crippen LogP contribution in [0.1, 0.15) is 13.3 Å². The molecule has 0 saturated heterocycles. The van der Waals surface area contributed by atoms with Gasteiger partial charge in [0.05, 0.1) is 0 Å². The van der Waals surface area contributed by atoms with Gasteiger partial charge in [-0.05, 0) is 37.6 Å². The Balaban J connectivity index is 2.22. The second-order valence-electron chi connectivity index (χ2n) is 4.27. The number of hydrogen-bond donors (Lipinski definition) is 1. The highest BCUT2D eigenvalue weighted by Gasteiger charge is 2.02. The molecular formula is C14H18N2. The van der Waals surface area contributed by atoms with Crippen molar-refractivity contribution in [3.8, 4) is 0 Å². The Morgan fingerprint density at radius 1 is 1.44 bits per heavy atom. The maximum absolute atomic E-state index is 3.75. The highest BCUT2D eigenvalue weighted by atomic mass is 14.9. The van der Waals surface area contributed by atoms with Gasteiger partial charge in [0.15, 0.2) is 0 Å². The second-order valence-corrected chi connectivity index (χ2v) is 4.27. The van der Waals surface area contributed by atoms with Gasteiger partial charge in [0.1, 0.15) is 0 Å². The molecule has 2 heteroatoms. The molecular weight excluding hydrogens is 196 g/mol. The van der Waals surface area contributed by atoms with Gasteiger partial charge in [-0.15, -0.1) is 6.58 Å². The number of anilines is 1. The molecule has 1 N–H and O–H groups in total. The normalized spacial score (nSPS) is 12.6. The number of hydrogen-bond acceptors (Lipinski definition) is 1. The molecule has 0 spiro atoms. The van der Waals surface area contributed by atoms with Crippen molar-refractivity contribution in [3.63, 3.8) is 0 Å². The molecule has 1 heterocycles. The van der Waals surface area contributed by atoms with Crippen molar-refractivity contribution in [2.75, 3.05) is 5.32 Å². The van der Waals surface area contributed by atoms with Crippen LogP contribution in [-0.2, 0) is 7.05 Å². The number of rotatable bonds is 4. The number of fused-ring (bicyclic) bond motifs is 1. The molecule has 1 unspecified atom stereocenters. The van der Waals surface area contributed by atoms with Gasteiger partial charge >= 0.3 is 0 Å². The van der Waals surface area contributed by atoms with Gasteiger partial charge in [-0.2, -0.15) is 0 Å². The Hall–Kier alpha value is -1.70. The number of nitrogens with zero attached hydrogens (tertiary/aromatic N) is 1. The van der Waals surface area contributed by atoms with Gasteiger partial charge in [-0.25, -0.2) is 0 Å². The van der Waals surface area contributed by atoms with Crippen LogP contribution in [0.4, 0.5) is 5.69 Å². The Morgan fingerprint density at radius 2 is 2.25 bits per heavy atom. The molecule has 1 aromatic carbocycles. The van der Waals surface area contributed by atoms with Crippen LogP contribution in [0.5, 0.6) is 0 Å². The van der Waals surface area contributed by atoms with E-state index in [-0.39, 0.29) is 0 Å². The predicted molar refractivity (Wildman–Crippen MR) is 70.8 cm³/mol. The van der Waals surface area contributed by atoms with Gasteiger partial charge in [-0.3, -0.25) is 0 Å². The molecule has 0 fully saturated rings. The molecule has 1 aromatic heterocycles. The second kappa shape index (κ2) is 4.44. The fraction of sp³-hybridized carbons (Fsp3) is 0.286. The minimum absolute atomic E-state index is 0.429. The summed E-state index contributed by atoms with van der Waals surface area (Å²) in [6.07, 6.45) is 5.01. The van der Waals surface area contributed by atoms with Crippen LogP contribution in [0.25, 0.3) is 10.9 Å². The zero-order valence-corrected chi connectivity index (χ0v) is 9.90. The van der Waals surface area contributed by atoms with Crippen LogP contribution in [0.3, 0.4) is 0 Å². The van der Waals surface area contributed by atoms with Crippen LogP contribution in [0.15, 0.2) is 43.1 Å². The Morgan fingerprint density at radius 3 is 3.00 bits per heavy atom. The van der Waals surface area contributed by atoms with E-state index in [1.54, 1.807) is 0 Å². The topological polar surface area (TPSA) is 17.0 Å². The average Bonchev–Trinajstić information content (AvgIpc) is 2.60. The van der Waals surface area contributed by atoms with Crippen molar-refractivity contribution < 1.29 is 0 Å². The van der Waals surface area contributed by atoms with Crippen molar-refractivity contribution in [2.24, 2.45) is 7.05 Å².